The summed E-state index contributed by atoms with van der Waals surface area (Å²) in [6, 6.07) is 5.05. The molecule has 1 atom stereocenters. The summed E-state index contributed by atoms with van der Waals surface area (Å²) in [7, 11) is 0. The van der Waals surface area contributed by atoms with Crippen LogP contribution in [0.5, 0.6) is 0 Å². The van der Waals surface area contributed by atoms with Gasteiger partial charge in [-0.3, -0.25) is 19.0 Å². The number of nitrogens with one attached hydrogen (secondary N) is 1. The van der Waals surface area contributed by atoms with Gasteiger partial charge in [0.05, 0.1) is 35.0 Å². The Balaban J connectivity index is 1.88. The van der Waals surface area contributed by atoms with E-state index in [0.29, 0.717) is 39.7 Å². The Hall–Kier alpha value is -3.06. The van der Waals surface area contributed by atoms with Crippen LogP contribution in [0.25, 0.3) is 0 Å². The van der Waals surface area contributed by atoms with Crippen LogP contribution >= 0.6 is 11.8 Å². The predicted octanol–water partition coefficient (Wildman–Crippen LogP) is 2.30. The average Bonchev–Trinajstić information content (AvgIpc) is 2.97. The molecule has 3 heterocycles. The molecule has 0 radical (unpaired) electrons. The number of allylic oxidation sites excluding steroid dienone is 5. The number of carboxylic acid groups (broad SMARTS) is 1. The lowest BCUT2D eigenvalue weighted by Crippen LogP contribution is -2.32. The van der Waals surface area contributed by atoms with Crippen LogP contribution in [0.1, 0.15) is 24.2 Å². The second-order valence-corrected chi connectivity index (χ2v) is 6.42. The van der Waals surface area contributed by atoms with Crippen LogP contribution in [0.2, 0.25) is 0 Å². The van der Waals surface area contributed by atoms with E-state index >= 15 is 0 Å². The van der Waals surface area contributed by atoms with Crippen molar-refractivity contribution in [2.24, 2.45) is 0 Å². The number of carboxylic acids is 1. The molecule has 7 nitrogen and oxygen atoms in total. The van der Waals surface area contributed by atoms with E-state index in [1.54, 1.807) is 43.5 Å². The van der Waals surface area contributed by atoms with Crippen molar-refractivity contribution >= 4 is 23.5 Å². The molecule has 1 aromatic heterocycles. The summed E-state index contributed by atoms with van der Waals surface area (Å²) in [4.78, 5) is 34.0. The van der Waals surface area contributed by atoms with E-state index in [4.69, 9.17) is 21.7 Å². The van der Waals surface area contributed by atoms with Crippen molar-refractivity contribution in [3.8, 4) is 0 Å². The maximum absolute atomic E-state index is 13.2. The molecule has 8 heteroatoms. The van der Waals surface area contributed by atoms with Gasteiger partial charge in [0.25, 0.3) is 0 Å². The SMILES string of the molecule is CC1=C2C(=O)C(c3cccc(CC(=O)O)n3)C3=CC=CN(Cl)C3=C2NO1. The third-order valence-corrected chi connectivity index (χ3v) is 4.68. The molecule has 0 fully saturated rings. The number of carbonyl (C=O) groups excluding carboxylic acids is 1. The molecule has 0 bridgehead atoms. The molecule has 1 aromatic rings. The minimum absolute atomic E-state index is 0.169. The molecule has 3 aliphatic rings. The van der Waals surface area contributed by atoms with E-state index in [1.807, 2.05) is 0 Å². The Morgan fingerprint density at radius 1 is 1.46 bits per heavy atom. The highest BCUT2D eigenvalue weighted by atomic mass is 35.5. The molecular weight excluding hydrogens is 358 g/mol. The Morgan fingerprint density at radius 2 is 2.27 bits per heavy atom. The first-order chi connectivity index (χ1) is 12.5. The van der Waals surface area contributed by atoms with E-state index in [2.05, 4.69) is 10.5 Å². The van der Waals surface area contributed by atoms with Crippen molar-refractivity contribution in [1.29, 1.82) is 0 Å². The highest BCUT2D eigenvalue weighted by Gasteiger charge is 2.44. The molecule has 1 aliphatic carbocycles. The van der Waals surface area contributed by atoms with Gasteiger partial charge in [-0.15, -0.1) is 0 Å². The summed E-state index contributed by atoms with van der Waals surface area (Å²) in [6.07, 6.45) is 5.00. The number of hydroxylamine groups is 1. The van der Waals surface area contributed by atoms with Gasteiger partial charge in [-0.2, -0.15) is 0 Å². The first-order valence-corrected chi connectivity index (χ1v) is 8.25. The lowest BCUT2D eigenvalue weighted by molar-refractivity contribution is -0.136. The summed E-state index contributed by atoms with van der Waals surface area (Å²) in [5.41, 5.74) is 5.88. The number of halogens is 1. The first kappa shape index (κ1) is 16.4. The minimum atomic E-state index is -0.980. The summed E-state index contributed by atoms with van der Waals surface area (Å²) in [5, 5.41) is 9.01. The van der Waals surface area contributed by atoms with Gasteiger partial charge < -0.3 is 9.94 Å². The molecule has 2 N–H and O–H groups in total. The lowest BCUT2D eigenvalue weighted by Gasteiger charge is -2.32. The normalized spacial score (nSPS) is 21.2. The van der Waals surface area contributed by atoms with E-state index < -0.39 is 11.9 Å². The second kappa shape index (κ2) is 6.03. The topological polar surface area (TPSA) is 91.8 Å². The van der Waals surface area contributed by atoms with Crippen molar-refractivity contribution < 1.29 is 19.5 Å². The van der Waals surface area contributed by atoms with Crippen molar-refractivity contribution in [2.45, 2.75) is 19.3 Å². The van der Waals surface area contributed by atoms with Crippen LogP contribution in [-0.4, -0.2) is 26.3 Å². The second-order valence-electron chi connectivity index (χ2n) is 6.06. The molecule has 0 aromatic carbocycles. The first-order valence-electron chi connectivity index (χ1n) is 7.91. The number of ketones is 1. The smallest absolute Gasteiger partial charge is 0.309 e. The molecule has 0 amide bonds. The van der Waals surface area contributed by atoms with Crippen molar-refractivity contribution in [1.82, 2.24) is 14.9 Å². The van der Waals surface area contributed by atoms with Crippen molar-refractivity contribution in [3.63, 3.8) is 0 Å². The Morgan fingerprint density at radius 3 is 3.04 bits per heavy atom. The zero-order valence-corrected chi connectivity index (χ0v) is 14.4. The molecule has 1 unspecified atom stereocenters. The summed E-state index contributed by atoms with van der Waals surface area (Å²) >= 11 is 6.33. The number of rotatable bonds is 3. The molecular formula is C18H14ClN3O4. The standard InChI is InChI=1S/C18H14ClN3O4/c1-9-14-16(21-26-9)17-11(5-3-7-22(17)19)15(18(14)25)12-6-2-4-10(20-12)8-13(23)24/h2-7,15,21H,8H2,1H3,(H,23,24). The molecule has 4 rings (SSSR count). The third-order valence-electron chi connectivity index (χ3n) is 4.40. The van der Waals surface area contributed by atoms with Gasteiger partial charge in [0.1, 0.15) is 11.5 Å². The van der Waals surface area contributed by atoms with Crippen LogP contribution in [0.4, 0.5) is 0 Å². The van der Waals surface area contributed by atoms with Gasteiger partial charge in [-0.05, 0) is 30.7 Å². The number of nitrogens with zero attached hydrogens (tertiary/aromatic N) is 2. The van der Waals surface area contributed by atoms with Crippen LogP contribution in [0.3, 0.4) is 0 Å². The fourth-order valence-electron chi connectivity index (χ4n) is 3.34. The summed E-state index contributed by atoms with van der Waals surface area (Å²) in [6.45, 7) is 1.70. The van der Waals surface area contributed by atoms with Crippen LogP contribution in [-0.2, 0) is 20.8 Å². The Kier molecular flexibility index (Phi) is 3.81. The highest BCUT2D eigenvalue weighted by Crippen LogP contribution is 2.45. The number of aromatic nitrogens is 1. The number of aliphatic carboxylic acids is 1. The van der Waals surface area contributed by atoms with Crippen LogP contribution < -0.4 is 5.48 Å². The van der Waals surface area contributed by atoms with E-state index in [-0.39, 0.29) is 12.2 Å². The molecule has 132 valence electrons. The maximum Gasteiger partial charge on any atom is 0.309 e. The lowest BCUT2D eigenvalue weighted by atomic mass is 9.78. The highest BCUT2D eigenvalue weighted by molar-refractivity contribution is 6.17. The average molecular weight is 372 g/mol. The van der Waals surface area contributed by atoms with Crippen LogP contribution in [0, 0.1) is 0 Å². The Labute approximate surface area is 154 Å². The molecule has 0 saturated heterocycles. The molecule has 0 saturated carbocycles. The molecule has 2 aliphatic heterocycles. The predicted molar refractivity (Wildman–Crippen MR) is 92.2 cm³/mol. The zero-order valence-electron chi connectivity index (χ0n) is 13.7. The zero-order chi connectivity index (χ0) is 18.4. The van der Waals surface area contributed by atoms with Crippen LogP contribution in [0.15, 0.2) is 64.9 Å². The molecule has 26 heavy (non-hydrogen) atoms. The number of carbonyl (C=O) groups is 2. The number of hydrogen-bond acceptors (Lipinski definition) is 6. The number of pyridine rings is 1. The maximum atomic E-state index is 13.2. The third kappa shape index (κ3) is 2.48. The Bertz CT molecular complexity index is 961. The molecule has 0 spiro atoms. The summed E-state index contributed by atoms with van der Waals surface area (Å²) in [5.74, 6) is -1.38. The van der Waals surface area contributed by atoms with Crippen molar-refractivity contribution in [2.75, 3.05) is 0 Å². The van der Waals surface area contributed by atoms with Gasteiger partial charge in [0, 0.05) is 18.0 Å². The fourth-order valence-corrected chi connectivity index (χ4v) is 3.59. The van der Waals surface area contributed by atoms with Gasteiger partial charge in [0.2, 0.25) is 0 Å². The fraction of sp³-hybridized carbons (Fsp3) is 0.167. The minimum Gasteiger partial charge on any atom is -0.481 e. The van der Waals surface area contributed by atoms with Crippen molar-refractivity contribution in [3.05, 3.63) is 76.2 Å². The van der Waals surface area contributed by atoms with E-state index in [9.17, 15) is 9.59 Å². The quantitative estimate of drug-likeness (QED) is 0.787. The largest absolute Gasteiger partial charge is 0.481 e. The monoisotopic (exact) mass is 371 g/mol. The number of hydrogen-bond donors (Lipinski definition) is 2. The van der Waals surface area contributed by atoms with Gasteiger partial charge in [-0.25, -0.2) is 5.48 Å². The number of fused-ring (bicyclic) bond motifs is 2. The van der Waals surface area contributed by atoms with Gasteiger partial charge in [0.15, 0.2) is 5.78 Å². The van der Waals surface area contributed by atoms with Gasteiger partial charge >= 0.3 is 5.97 Å². The summed E-state index contributed by atoms with van der Waals surface area (Å²) < 4.78 is 1.40. The number of Topliss-reactive ketones (excluding diaryl/α,β-unsaturated/α-hetero) is 1. The van der Waals surface area contributed by atoms with E-state index in [0.717, 1.165) is 0 Å². The van der Waals surface area contributed by atoms with E-state index in [1.165, 1.54) is 4.42 Å². The van der Waals surface area contributed by atoms with Gasteiger partial charge in [-0.1, -0.05) is 12.1 Å².